The molecule has 0 aliphatic heterocycles. The Hall–Kier alpha value is -0.160. The molecule has 0 aromatic heterocycles. The first kappa shape index (κ1) is 10.8. The molecule has 0 heterocycles. The van der Waals surface area contributed by atoms with E-state index in [4.69, 9.17) is 15.9 Å². The molecule has 8 heavy (non-hydrogen) atoms. The SMILES string of the molecule is CC(N)O.NCCO. The third-order valence-corrected chi connectivity index (χ3v) is 0.129. The van der Waals surface area contributed by atoms with Crippen LogP contribution >= 0.6 is 0 Å². The van der Waals surface area contributed by atoms with E-state index in [-0.39, 0.29) is 6.61 Å². The van der Waals surface area contributed by atoms with Crippen molar-refractivity contribution in [2.75, 3.05) is 13.2 Å². The Balaban J connectivity index is 0. The Morgan fingerprint density at radius 2 is 1.75 bits per heavy atom. The summed E-state index contributed by atoms with van der Waals surface area (Å²) < 4.78 is 0. The highest BCUT2D eigenvalue weighted by molar-refractivity contribution is 4.17. The van der Waals surface area contributed by atoms with Crippen molar-refractivity contribution in [1.29, 1.82) is 0 Å². The average Bonchev–Trinajstić information content (AvgIpc) is 1.65. The van der Waals surface area contributed by atoms with Gasteiger partial charge in [0.15, 0.2) is 0 Å². The minimum Gasteiger partial charge on any atom is -0.395 e. The lowest BCUT2D eigenvalue weighted by molar-refractivity contribution is 0.203. The van der Waals surface area contributed by atoms with E-state index < -0.39 is 6.23 Å². The molecule has 0 aromatic rings. The van der Waals surface area contributed by atoms with Crippen LogP contribution in [0.1, 0.15) is 6.92 Å². The molecule has 0 aliphatic carbocycles. The molecule has 0 bridgehead atoms. The van der Waals surface area contributed by atoms with Crippen LogP contribution in [0.5, 0.6) is 0 Å². The molecule has 1 atom stereocenters. The van der Waals surface area contributed by atoms with Crippen LogP contribution in [-0.4, -0.2) is 29.6 Å². The number of aliphatic hydroxyl groups is 2. The van der Waals surface area contributed by atoms with Crippen LogP contribution in [0.25, 0.3) is 0 Å². The van der Waals surface area contributed by atoms with Gasteiger partial charge >= 0.3 is 0 Å². The van der Waals surface area contributed by atoms with Gasteiger partial charge in [0.25, 0.3) is 0 Å². The molecular weight excluding hydrogens is 108 g/mol. The fourth-order valence-electron chi connectivity index (χ4n) is 0. The maximum atomic E-state index is 7.83. The van der Waals surface area contributed by atoms with Crippen LogP contribution in [0.3, 0.4) is 0 Å². The van der Waals surface area contributed by atoms with Gasteiger partial charge < -0.3 is 21.7 Å². The van der Waals surface area contributed by atoms with Gasteiger partial charge in [-0.1, -0.05) is 0 Å². The highest BCUT2D eigenvalue weighted by Crippen LogP contribution is 1.50. The van der Waals surface area contributed by atoms with Gasteiger partial charge in [-0.2, -0.15) is 0 Å². The Kier molecular flexibility index (Phi) is 13.4. The van der Waals surface area contributed by atoms with E-state index in [1.54, 1.807) is 0 Å². The summed E-state index contributed by atoms with van der Waals surface area (Å²) in [7, 11) is 0. The molecule has 0 spiro atoms. The fraction of sp³-hybridized carbons (Fsp3) is 1.00. The average molecular weight is 122 g/mol. The maximum Gasteiger partial charge on any atom is 0.0991 e. The second-order valence-electron chi connectivity index (χ2n) is 1.25. The Bertz CT molecular complexity index is 28.5. The summed E-state index contributed by atoms with van der Waals surface area (Å²) in [6.45, 7) is 1.97. The van der Waals surface area contributed by atoms with E-state index in [0.29, 0.717) is 6.54 Å². The zero-order valence-electron chi connectivity index (χ0n) is 5.04. The number of hydrogen-bond donors (Lipinski definition) is 4. The Morgan fingerprint density at radius 3 is 1.75 bits per heavy atom. The maximum absolute atomic E-state index is 7.83. The summed E-state index contributed by atoms with van der Waals surface area (Å²) in [5.74, 6) is 0. The van der Waals surface area contributed by atoms with Crippen LogP contribution < -0.4 is 11.5 Å². The highest BCUT2D eigenvalue weighted by atomic mass is 16.3. The van der Waals surface area contributed by atoms with Crippen LogP contribution in [-0.2, 0) is 0 Å². The van der Waals surface area contributed by atoms with Gasteiger partial charge in [0, 0.05) is 6.54 Å². The van der Waals surface area contributed by atoms with Crippen LogP contribution in [0.15, 0.2) is 0 Å². The largest absolute Gasteiger partial charge is 0.395 e. The summed E-state index contributed by atoms with van der Waals surface area (Å²) in [4.78, 5) is 0. The fourth-order valence-corrected chi connectivity index (χ4v) is 0. The first-order chi connectivity index (χ1) is 3.65. The van der Waals surface area contributed by atoms with Gasteiger partial charge in [-0.25, -0.2) is 0 Å². The van der Waals surface area contributed by atoms with Gasteiger partial charge in [-0.3, -0.25) is 0 Å². The smallest absolute Gasteiger partial charge is 0.0991 e. The summed E-state index contributed by atoms with van der Waals surface area (Å²) >= 11 is 0. The molecule has 0 aliphatic rings. The lowest BCUT2D eigenvalue weighted by atomic mass is 10.7. The molecule has 0 saturated carbocycles. The lowest BCUT2D eigenvalue weighted by Crippen LogP contribution is -2.11. The van der Waals surface area contributed by atoms with Crippen LogP contribution in [0.2, 0.25) is 0 Å². The van der Waals surface area contributed by atoms with E-state index in [9.17, 15) is 0 Å². The molecule has 1 unspecified atom stereocenters. The van der Waals surface area contributed by atoms with E-state index in [0.717, 1.165) is 0 Å². The second kappa shape index (κ2) is 9.96. The van der Waals surface area contributed by atoms with E-state index in [1.807, 2.05) is 0 Å². The summed E-state index contributed by atoms with van der Waals surface area (Å²) in [5, 5.41) is 15.6. The van der Waals surface area contributed by atoms with Gasteiger partial charge in [0.1, 0.15) is 0 Å². The monoisotopic (exact) mass is 122 g/mol. The number of rotatable bonds is 1. The molecular formula is C4H14N2O2. The number of nitrogens with two attached hydrogens (primary N) is 2. The molecule has 0 amide bonds. The minimum absolute atomic E-state index is 0.0972. The van der Waals surface area contributed by atoms with Crippen molar-refractivity contribution in [2.24, 2.45) is 11.5 Å². The molecule has 0 saturated heterocycles. The summed E-state index contributed by atoms with van der Waals surface area (Å²) in [6, 6.07) is 0. The minimum atomic E-state index is -0.667. The molecule has 4 heteroatoms. The van der Waals surface area contributed by atoms with Crippen molar-refractivity contribution < 1.29 is 10.2 Å². The van der Waals surface area contributed by atoms with Crippen molar-refractivity contribution in [1.82, 2.24) is 0 Å². The molecule has 0 rings (SSSR count). The molecule has 6 N–H and O–H groups in total. The normalized spacial score (nSPS) is 11.6. The first-order valence-electron chi connectivity index (χ1n) is 2.39. The summed E-state index contributed by atoms with van der Waals surface area (Å²) in [6.07, 6.45) is -0.667. The van der Waals surface area contributed by atoms with Crippen molar-refractivity contribution in [3.8, 4) is 0 Å². The van der Waals surface area contributed by atoms with Crippen LogP contribution in [0.4, 0.5) is 0 Å². The predicted octanol–water partition coefficient (Wildman–Crippen LogP) is -1.78. The first-order valence-corrected chi connectivity index (χ1v) is 2.39. The zero-order valence-corrected chi connectivity index (χ0v) is 5.04. The van der Waals surface area contributed by atoms with Crippen LogP contribution in [0, 0.1) is 0 Å². The van der Waals surface area contributed by atoms with Crippen molar-refractivity contribution in [3.63, 3.8) is 0 Å². The van der Waals surface area contributed by atoms with Gasteiger partial charge in [0.2, 0.25) is 0 Å². The summed E-state index contributed by atoms with van der Waals surface area (Å²) in [5.41, 5.74) is 9.44. The van der Waals surface area contributed by atoms with Crippen molar-refractivity contribution in [3.05, 3.63) is 0 Å². The molecule has 0 aromatic carbocycles. The number of aliphatic hydroxyl groups excluding tert-OH is 2. The number of hydrogen-bond acceptors (Lipinski definition) is 4. The highest BCUT2D eigenvalue weighted by Gasteiger charge is 1.68. The van der Waals surface area contributed by atoms with Gasteiger partial charge in [0.05, 0.1) is 12.8 Å². The van der Waals surface area contributed by atoms with E-state index in [2.05, 4.69) is 5.73 Å². The standard InChI is InChI=1S/2C2H7NO/c1-2(3)4;3-1-2-4/h2,4H,3H2,1H3;4H,1-3H2. The van der Waals surface area contributed by atoms with Gasteiger partial charge in [-0.05, 0) is 6.92 Å². The quantitative estimate of drug-likeness (QED) is 0.309. The Morgan fingerprint density at radius 1 is 1.62 bits per heavy atom. The second-order valence-corrected chi connectivity index (χ2v) is 1.25. The molecule has 52 valence electrons. The Labute approximate surface area is 49.1 Å². The molecule has 0 fully saturated rings. The van der Waals surface area contributed by atoms with E-state index >= 15 is 0 Å². The molecule has 4 nitrogen and oxygen atoms in total. The molecule has 0 radical (unpaired) electrons. The topological polar surface area (TPSA) is 92.5 Å². The third-order valence-electron chi connectivity index (χ3n) is 0.129. The predicted molar refractivity (Wildman–Crippen MR) is 32.0 cm³/mol. The van der Waals surface area contributed by atoms with Crippen molar-refractivity contribution >= 4 is 0 Å². The van der Waals surface area contributed by atoms with E-state index in [1.165, 1.54) is 6.92 Å². The third kappa shape index (κ3) is 194. The lowest BCUT2D eigenvalue weighted by Gasteiger charge is -1.82. The van der Waals surface area contributed by atoms with Crippen molar-refractivity contribution in [2.45, 2.75) is 13.2 Å². The zero-order chi connectivity index (χ0) is 6.99. The van der Waals surface area contributed by atoms with Gasteiger partial charge in [-0.15, -0.1) is 0 Å².